The van der Waals surface area contributed by atoms with E-state index in [-0.39, 0.29) is 31.0 Å². The molecular weight excluding hydrogens is 470 g/mol. The Morgan fingerprint density at radius 2 is 1.76 bits per heavy atom. The summed E-state index contributed by atoms with van der Waals surface area (Å²) in [6, 6.07) is 18.4. The maximum atomic E-state index is 13.0. The Labute approximate surface area is 215 Å². The van der Waals surface area contributed by atoms with Crippen LogP contribution in [0.5, 0.6) is 11.5 Å². The second-order valence-electron chi connectivity index (χ2n) is 8.58. The molecule has 0 spiro atoms. The monoisotopic (exact) mass is 499 g/mol. The van der Waals surface area contributed by atoms with Gasteiger partial charge in [-0.3, -0.25) is 14.6 Å². The number of pyridine rings is 1. The van der Waals surface area contributed by atoms with E-state index in [4.69, 9.17) is 14.6 Å². The SMILES string of the molecule is COc1cc(C(=O)NCc2cn(-c3ccccc3)nc2-c2ccncc2)ccc1OCC(=O)NC(C)C. The minimum absolute atomic E-state index is 0.0166. The van der Waals surface area contributed by atoms with Gasteiger partial charge in [-0.2, -0.15) is 5.10 Å². The smallest absolute Gasteiger partial charge is 0.258 e. The summed E-state index contributed by atoms with van der Waals surface area (Å²) in [7, 11) is 1.48. The first kappa shape index (κ1) is 25.4. The first-order chi connectivity index (χ1) is 17.9. The molecule has 4 rings (SSSR count). The van der Waals surface area contributed by atoms with Crippen molar-refractivity contribution in [3.05, 3.63) is 90.4 Å². The fourth-order valence-electron chi connectivity index (χ4n) is 3.72. The molecule has 0 aliphatic rings. The van der Waals surface area contributed by atoms with Crippen LogP contribution < -0.4 is 20.1 Å². The largest absolute Gasteiger partial charge is 0.493 e. The van der Waals surface area contributed by atoms with Crippen molar-refractivity contribution in [2.45, 2.75) is 26.4 Å². The van der Waals surface area contributed by atoms with Gasteiger partial charge >= 0.3 is 0 Å². The van der Waals surface area contributed by atoms with Gasteiger partial charge in [-0.15, -0.1) is 0 Å². The molecule has 190 valence electrons. The minimum Gasteiger partial charge on any atom is -0.493 e. The van der Waals surface area contributed by atoms with Crippen molar-refractivity contribution >= 4 is 11.8 Å². The van der Waals surface area contributed by atoms with E-state index in [1.54, 1.807) is 35.3 Å². The molecule has 2 aromatic carbocycles. The van der Waals surface area contributed by atoms with Crippen LogP contribution >= 0.6 is 0 Å². The molecule has 0 saturated carbocycles. The molecule has 2 heterocycles. The molecule has 2 amide bonds. The number of benzene rings is 2. The fraction of sp³-hybridized carbons (Fsp3) is 0.214. The molecule has 9 nitrogen and oxygen atoms in total. The van der Waals surface area contributed by atoms with Crippen molar-refractivity contribution in [1.82, 2.24) is 25.4 Å². The summed E-state index contributed by atoms with van der Waals surface area (Å²) >= 11 is 0. The van der Waals surface area contributed by atoms with Crippen LogP contribution in [0, 0.1) is 0 Å². The van der Waals surface area contributed by atoms with Gasteiger partial charge in [-0.05, 0) is 56.3 Å². The number of methoxy groups -OCH3 is 1. The van der Waals surface area contributed by atoms with Crippen molar-refractivity contribution < 1.29 is 19.1 Å². The number of carbonyl (C=O) groups excluding carboxylic acids is 2. The predicted molar refractivity (Wildman–Crippen MR) is 140 cm³/mol. The molecule has 0 aliphatic heterocycles. The third-order valence-corrected chi connectivity index (χ3v) is 5.44. The lowest BCUT2D eigenvalue weighted by atomic mass is 10.1. The summed E-state index contributed by atoms with van der Waals surface area (Å²) < 4.78 is 12.8. The zero-order valence-corrected chi connectivity index (χ0v) is 21.0. The van der Waals surface area contributed by atoms with E-state index in [9.17, 15) is 9.59 Å². The van der Waals surface area contributed by atoms with Crippen molar-refractivity contribution in [2.24, 2.45) is 0 Å². The molecule has 0 radical (unpaired) electrons. The lowest BCUT2D eigenvalue weighted by Crippen LogP contribution is -2.34. The zero-order chi connectivity index (χ0) is 26.2. The summed E-state index contributed by atoms with van der Waals surface area (Å²) in [5, 5.41) is 10.5. The quantitative estimate of drug-likeness (QED) is 0.344. The van der Waals surface area contributed by atoms with Gasteiger partial charge in [0.25, 0.3) is 11.8 Å². The van der Waals surface area contributed by atoms with E-state index in [0.29, 0.717) is 17.1 Å². The highest BCUT2D eigenvalue weighted by atomic mass is 16.5. The maximum Gasteiger partial charge on any atom is 0.258 e. The number of carbonyl (C=O) groups is 2. The number of ether oxygens (including phenoxy) is 2. The standard InChI is InChI=1S/C28H29N5O4/c1-19(2)31-26(34)18-37-24-10-9-21(15-25(24)36-3)28(35)30-16-22-17-33(23-7-5-4-6-8-23)32-27(22)20-11-13-29-14-12-20/h4-15,17,19H,16,18H2,1-3H3,(H,30,35)(H,31,34). The summed E-state index contributed by atoms with van der Waals surface area (Å²) in [5.41, 5.74) is 3.83. The summed E-state index contributed by atoms with van der Waals surface area (Å²) in [6.45, 7) is 3.86. The summed E-state index contributed by atoms with van der Waals surface area (Å²) in [4.78, 5) is 29.0. The van der Waals surface area contributed by atoms with Gasteiger partial charge in [0.05, 0.1) is 18.5 Å². The molecule has 9 heteroatoms. The van der Waals surface area contributed by atoms with Crippen molar-refractivity contribution in [2.75, 3.05) is 13.7 Å². The number of hydrogen-bond acceptors (Lipinski definition) is 6. The molecule has 2 N–H and O–H groups in total. The average molecular weight is 500 g/mol. The van der Waals surface area contributed by atoms with Gasteiger partial charge in [0, 0.05) is 47.9 Å². The molecule has 0 atom stereocenters. The average Bonchev–Trinajstić information content (AvgIpc) is 3.35. The molecule has 4 aromatic rings. The summed E-state index contributed by atoms with van der Waals surface area (Å²) in [5.74, 6) is 0.219. The van der Waals surface area contributed by atoms with E-state index >= 15 is 0 Å². The van der Waals surface area contributed by atoms with Crippen molar-refractivity contribution in [1.29, 1.82) is 0 Å². The van der Waals surface area contributed by atoms with Crippen LogP contribution in [0.3, 0.4) is 0 Å². The van der Waals surface area contributed by atoms with Gasteiger partial charge in [-0.25, -0.2) is 4.68 Å². The molecule has 2 aromatic heterocycles. The fourth-order valence-corrected chi connectivity index (χ4v) is 3.72. The van der Waals surface area contributed by atoms with Crippen LogP contribution in [0.1, 0.15) is 29.8 Å². The van der Waals surface area contributed by atoms with Gasteiger partial charge in [0.1, 0.15) is 0 Å². The number of para-hydroxylation sites is 1. The molecule has 0 aliphatic carbocycles. The Kier molecular flexibility index (Phi) is 8.15. The van der Waals surface area contributed by atoms with Crippen LogP contribution in [0.2, 0.25) is 0 Å². The Morgan fingerprint density at radius 1 is 1.00 bits per heavy atom. The Hall–Kier alpha value is -4.66. The number of aromatic nitrogens is 3. The number of rotatable bonds is 10. The third-order valence-electron chi connectivity index (χ3n) is 5.44. The van der Waals surface area contributed by atoms with Crippen LogP contribution in [0.15, 0.2) is 79.3 Å². The highest BCUT2D eigenvalue weighted by Gasteiger charge is 2.16. The highest BCUT2D eigenvalue weighted by molar-refractivity contribution is 5.95. The van der Waals surface area contributed by atoms with E-state index in [0.717, 1.165) is 22.5 Å². The van der Waals surface area contributed by atoms with E-state index in [1.807, 2.05) is 62.5 Å². The minimum atomic E-state index is -0.282. The van der Waals surface area contributed by atoms with Crippen LogP contribution in [0.4, 0.5) is 0 Å². The number of hydrogen-bond donors (Lipinski definition) is 2. The van der Waals surface area contributed by atoms with Crippen LogP contribution in [-0.2, 0) is 11.3 Å². The first-order valence-electron chi connectivity index (χ1n) is 11.9. The topological polar surface area (TPSA) is 107 Å². The Balaban J connectivity index is 1.49. The molecule has 0 fully saturated rings. The maximum absolute atomic E-state index is 13.0. The number of amides is 2. The normalized spacial score (nSPS) is 10.7. The number of nitrogens with zero attached hydrogens (tertiary/aromatic N) is 3. The lowest BCUT2D eigenvalue weighted by molar-refractivity contribution is -0.123. The Bertz CT molecular complexity index is 1350. The molecule has 0 unspecified atom stereocenters. The van der Waals surface area contributed by atoms with E-state index < -0.39 is 0 Å². The zero-order valence-electron chi connectivity index (χ0n) is 21.0. The molecule has 0 saturated heterocycles. The second-order valence-corrected chi connectivity index (χ2v) is 8.58. The van der Waals surface area contributed by atoms with Crippen LogP contribution in [0.25, 0.3) is 16.9 Å². The second kappa shape index (κ2) is 11.9. The van der Waals surface area contributed by atoms with Gasteiger partial charge < -0.3 is 20.1 Å². The highest BCUT2D eigenvalue weighted by Crippen LogP contribution is 2.28. The number of nitrogens with one attached hydrogen (secondary N) is 2. The molecular formula is C28H29N5O4. The Morgan fingerprint density at radius 3 is 2.46 bits per heavy atom. The lowest BCUT2D eigenvalue weighted by Gasteiger charge is -2.13. The first-order valence-corrected chi connectivity index (χ1v) is 11.9. The van der Waals surface area contributed by atoms with E-state index in [1.165, 1.54) is 7.11 Å². The van der Waals surface area contributed by atoms with Gasteiger partial charge in [0.15, 0.2) is 18.1 Å². The van der Waals surface area contributed by atoms with Crippen LogP contribution in [-0.4, -0.2) is 46.3 Å². The van der Waals surface area contributed by atoms with Gasteiger partial charge in [-0.1, -0.05) is 18.2 Å². The summed E-state index contributed by atoms with van der Waals surface area (Å²) in [6.07, 6.45) is 5.33. The molecule has 0 bridgehead atoms. The third kappa shape index (κ3) is 6.52. The molecule has 37 heavy (non-hydrogen) atoms. The van der Waals surface area contributed by atoms with Crippen molar-refractivity contribution in [3.63, 3.8) is 0 Å². The van der Waals surface area contributed by atoms with Gasteiger partial charge in [0.2, 0.25) is 0 Å². The van der Waals surface area contributed by atoms with Crippen molar-refractivity contribution in [3.8, 4) is 28.4 Å². The predicted octanol–water partition coefficient (Wildman–Crippen LogP) is 3.78. The van der Waals surface area contributed by atoms with E-state index in [2.05, 4.69) is 15.6 Å².